The number of carbonyl (C=O) groups is 7. The molecule has 17 heteroatoms. The number of ether oxygens (including phenoxy) is 5. The SMILES string of the molecule is O=C(O)CCC(=O)NCCCOCCOCCOCCOCCOCCCCCC(=O)Nc1cccc2c1C(=O)N(C1CCC(=O)NC1=O)C2=O. The highest BCUT2D eigenvalue weighted by Crippen LogP contribution is 2.32. The Morgan fingerprint density at radius 3 is 1.94 bits per heavy atom. The third-order valence-electron chi connectivity index (χ3n) is 7.78. The molecule has 0 saturated carbocycles. The number of carbonyl (C=O) groups excluding carboxylic acids is 6. The Labute approximate surface area is 296 Å². The van der Waals surface area contributed by atoms with Crippen LogP contribution in [0.3, 0.4) is 0 Å². The summed E-state index contributed by atoms with van der Waals surface area (Å²) in [5.74, 6) is -4.04. The van der Waals surface area contributed by atoms with Gasteiger partial charge in [0.2, 0.25) is 23.6 Å². The molecule has 2 aliphatic rings. The second-order valence-electron chi connectivity index (χ2n) is 11.7. The fourth-order valence-electron chi connectivity index (χ4n) is 5.19. The number of aliphatic carboxylic acids is 1. The van der Waals surface area contributed by atoms with Crippen molar-refractivity contribution in [2.24, 2.45) is 0 Å². The van der Waals surface area contributed by atoms with E-state index in [0.29, 0.717) is 85.5 Å². The Bertz CT molecular complexity index is 1360. The quantitative estimate of drug-likeness (QED) is 0.0737. The standard InChI is InChI=1S/C34H48N4O13/c39-27(11-12-30(42)43)35-13-5-15-48-17-19-50-21-23-51-22-20-49-18-16-47-14-3-1-2-8-28(40)36-25-7-4-6-24-31(25)34(46)38(33(24)45)26-9-10-29(41)37-32(26)44/h4,6-7,26H,1-3,5,8-23H2,(H,35,39)(H,36,40)(H,42,43)(H,37,41,44). The number of rotatable bonds is 27. The molecule has 1 fully saturated rings. The maximum atomic E-state index is 13.2. The second kappa shape index (κ2) is 23.2. The Balaban J connectivity index is 1.10. The van der Waals surface area contributed by atoms with Gasteiger partial charge in [0.15, 0.2) is 0 Å². The zero-order valence-corrected chi connectivity index (χ0v) is 28.7. The lowest BCUT2D eigenvalue weighted by Crippen LogP contribution is -2.54. The summed E-state index contributed by atoms with van der Waals surface area (Å²) in [6.45, 7) is 4.81. The van der Waals surface area contributed by atoms with Crippen LogP contribution in [0, 0.1) is 0 Å². The number of piperidine rings is 1. The number of benzene rings is 1. The van der Waals surface area contributed by atoms with Gasteiger partial charge < -0.3 is 39.4 Å². The first-order chi connectivity index (χ1) is 24.7. The molecule has 4 N–H and O–H groups in total. The van der Waals surface area contributed by atoms with E-state index in [9.17, 15) is 33.6 Å². The van der Waals surface area contributed by atoms with Gasteiger partial charge in [-0.2, -0.15) is 0 Å². The van der Waals surface area contributed by atoms with Crippen LogP contribution in [0.4, 0.5) is 5.69 Å². The fraction of sp³-hybridized carbons (Fsp3) is 0.618. The molecule has 0 bridgehead atoms. The number of nitrogens with zero attached hydrogens (tertiary/aromatic N) is 1. The molecule has 0 radical (unpaired) electrons. The van der Waals surface area contributed by atoms with Crippen LogP contribution in [0.5, 0.6) is 0 Å². The molecule has 0 aliphatic carbocycles. The van der Waals surface area contributed by atoms with Crippen LogP contribution >= 0.6 is 0 Å². The maximum absolute atomic E-state index is 13.2. The van der Waals surface area contributed by atoms with Gasteiger partial charge >= 0.3 is 5.97 Å². The molecular weight excluding hydrogens is 672 g/mol. The Morgan fingerprint density at radius 1 is 0.725 bits per heavy atom. The minimum absolute atomic E-state index is 0.0230. The van der Waals surface area contributed by atoms with E-state index in [1.54, 1.807) is 12.1 Å². The van der Waals surface area contributed by atoms with Gasteiger partial charge in [-0.25, -0.2) is 0 Å². The molecule has 0 spiro atoms. The first-order valence-electron chi connectivity index (χ1n) is 17.2. The van der Waals surface area contributed by atoms with E-state index in [-0.39, 0.29) is 60.7 Å². The largest absolute Gasteiger partial charge is 0.481 e. The van der Waals surface area contributed by atoms with Crippen molar-refractivity contribution < 1.29 is 62.4 Å². The molecule has 282 valence electrons. The third kappa shape index (κ3) is 14.8. The summed E-state index contributed by atoms with van der Waals surface area (Å²) >= 11 is 0. The average Bonchev–Trinajstić information content (AvgIpc) is 3.35. The summed E-state index contributed by atoms with van der Waals surface area (Å²) in [6.07, 6.45) is 2.81. The van der Waals surface area contributed by atoms with Crippen molar-refractivity contribution in [3.63, 3.8) is 0 Å². The molecule has 6 amide bonds. The number of hydrogen-bond donors (Lipinski definition) is 4. The second-order valence-corrected chi connectivity index (χ2v) is 11.7. The van der Waals surface area contributed by atoms with Crippen LogP contribution in [0.2, 0.25) is 0 Å². The molecule has 1 saturated heterocycles. The van der Waals surface area contributed by atoms with E-state index in [4.69, 9.17) is 28.8 Å². The van der Waals surface area contributed by atoms with Crippen molar-refractivity contribution in [1.82, 2.24) is 15.5 Å². The lowest BCUT2D eigenvalue weighted by Gasteiger charge is -2.27. The summed E-state index contributed by atoms with van der Waals surface area (Å²) in [5.41, 5.74) is 0.358. The number of unbranched alkanes of at least 4 members (excludes halogenated alkanes) is 2. The third-order valence-corrected chi connectivity index (χ3v) is 7.78. The first-order valence-corrected chi connectivity index (χ1v) is 17.2. The van der Waals surface area contributed by atoms with Crippen LogP contribution in [0.1, 0.15) is 78.5 Å². The first kappa shape index (κ1) is 41.1. The van der Waals surface area contributed by atoms with Crippen molar-refractivity contribution >= 4 is 47.1 Å². The van der Waals surface area contributed by atoms with Crippen LogP contribution < -0.4 is 16.0 Å². The van der Waals surface area contributed by atoms with Crippen molar-refractivity contribution in [2.75, 3.05) is 77.9 Å². The lowest BCUT2D eigenvalue weighted by molar-refractivity contribution is -0.139. The molecule has 2 heterocycles. The van der Waals surface area contributed by atoms with E-state index in [2.05, 4.69) is 16.0 Å². The van der Waals surface area contributed by atoms with E-state index in [1.807, 2.05) is 0 Å². The molecule has 1 aromatic carbocycles. The minimum atomic E-state index is -1.08. The molecule has 1 aromatic rings. The van der Waals surface area contributed by atoms with Gasteiger partial charge in [0, 0.05) is 39.0 Å². The summed E-state index contributed by atoms with van der Waals surface area (Å²) in [6, 6.07) is 3.50. The number of carboxylic acid groups (broad SMARTS) is 1. The molecule has 0 aromatic heterocycles. The highest BCUT2D eigenvalue weighted by molar-refractivity contribution is 6.26. The van der Waals surface area contributed by atoms with Crippen LogP contribution in [-0.2, 0) is 47.7 Å². The van der Waals surface area contributed by atoms with Crippen molar-refractivity contribution in [1.29, 1.82) is 0 Å². The highest BCUT2D eigenvalue weighted by Gasteiger charge is 2.45. The van der Waals surface area contributed by atoms with Gasteiger partial charge in [-0.1, -0.05) is 12.5 Å². The molecule has 3 rings (SSSR count). The van der Waals surface area contributed by atoms with Gasteiger partial charge in [0.1, 0.15) is 6.04 Å². The van der Waals surface area contributed by atoms with E-state index >= 15 is 0 Å². The van der Waals surface area contributed by atoms with Gasteiger partial charge in [0.25, 0.3) is 11.8 Å². The Kier molecular flexibility index (Phi) is 18.7. The summed E-state index contributed by atoms with van der Waals surface area (Å²) < 4.78 is 27.3. The van der Waals surface area contributed by atoms with Gasteiger partial charge in [0.05, 0.1) is 76.1 Å². The van der Waals surface area contributed by atoms with E-state index in [1.165, 1.54) is 6.07 Å². The summed E-state index contributed by atoms with van der Waals surface area (Å²) in [7, 11) is 0. The van der Waals surface area contributed by atoms with Gasteiger partial charge in [-0.3, -0.25) is 43.8 Å². The zero-order chi connectivity index (χ0) is 36.8. The predicted molar refractivity (Wildman–Crippen MR) is 179 cm³/mol. The highest BCUT2D eigenvalue weighted by atomic mass is 16.6. The molecule has 1 unspecified atom stereocenters. The predicted octanol–water partition coefficient (Wildman–Crippen LogP) is 1.04. The number of amides is 6. The number of hydrogen-bond acceptors (Lipinski definition) is 12. The van der Waals surface area contributed by atoms with E-state index < -0.39 is 35.6 Å². The van der Waals surface area contributed by atoms with Gasteiger partial charge in [-0.05, 0) is 37.8 Å². The Morgan fingerprint density at radius 2 is 1.33 bits per heavy atom. The molecular formula is C34H48N4O13. The monoisotopic (exact) mass is 720 g/mol. The normalized spacial score (nSPS) is 15.5. The molecule has 1 atom stereocenters. The number of nitrogens with one attached hydrogen (secondary N) is 3. The van der Waals surface area contributed by atoms with E-state index in [0.717, 1.165) is 17.7 Å². The summed E-state index contributed by atoms with van der Waals surface area (Å²) in [4.78, 5) is 85.2. The number of anilines is 1. The molecule has 51 heavy (non-hydrogen) atoms. The Hall–Kier alpha value is -4.29. The van der Waals surface area contributed by atoms with Gasteiger partial charge in [-0.15, -0.1) is 0 Å². The van der Waals surface area contributed by atoms with Crippen LogP contribution in [0.15, 0.2) is 18.2 Å². The number of fused-ring (bicyclic) bond motifs is 1. The topological polar surface area (TPSA) is 225 Å². The fourth-order valence-corrected chi connectivity index (χ4v) is 5.19. The lowest BCUT2D eigenvalue weighted by atomic mass is 10.0. The van der Waals surface area contributed by atoms with Crippen molar-refractivity contribution in [3.8, 4) is 0 Å². The number of imide groups is 2. The van der Waals surface area contributed by atoms with Crippen LogP contribution in [0.25, 0.3) is 0 Å². The smallest absolute Gasteiger partial charge is 0.303 e. The zero-order valence-electron chi connectivity index (χ0n) is 28.7. The van der Waals surface area contributed by atoms with Crippen molar-refractivity contribution in [3.05, 3.63) is 29.3 Å². The minimum Gasteiger partial charge on any atom is -0.481 e. The number of carboxylic acids is 1. The molecule has 2 aliphatic heterocycles. The summed E-state index contributed by atoms with van der Waals surface area (Å²) in [5, 5.41) is 16.1. The molecule has 17 nitrogen and oxygen atoms in total. The maximum Gasteiger partial charge on any atom is 0.303 e. The van der Waals surface area contributed by atoms with Crippen LogP contribution in [-0.4, -0.2) is 130 Å². The average molecular weight is 721 g/mol. The van der Waals surface area contributed by atoms with Crippen molar-refractivity contribution in [2.45, 2.75) is 63.8 Å².